The molecule has 0 aromatic heterocycles. The van der Waals surface area contributed by atoms with E-state index in [-0.39, 0.29) is 6.10 Å². The van der Waals surface area contributed by atoms with Gasteiger partial charge in [-0.25, -0.2) is 8.78 Å². The van der Waals surface area contributed by atoms with E-state index in [0.29, 0.717) is 17.3 Å². The minimum absolute atomic E-state index is 0.176. The van der Waals surface area contributed by atoms with Gasteiger partial charge in [-0.2, -0.15) is 0 Å². The molecule has 6 heteroatoms. The molecule has 3 nitrogen and oxygen atoms in total. The predicted molar refractivity (Wildman–Crippen MR) is 69.6 cm³/mol. The number of anilines is 1. The summed E-state index contributed by atoms with van der Waals surface area (Å²) < 4.78 is 31.1. The molecule has 0 aliphatic carbocycles. The Morgan fingerprint density at radius 3 is 2.89 bits per heavy atom. The van der Waals surface area contributed by atoms with E-state index in [2.05, 4.69) is 10.6 Å². The van der Waals surface area contributed by atoms with Crippen LogP contribution in [-0.4, -0.2) is 24.4 Å². The van der Waals surface area contributed by atoms with Crippen molar-refractivity contribution < 1.29 is 13.5 Å². The number of thiocarbonyl (C=S) groups is 1. The van der Waals surface area contributed by atoms with Crippen LogP contribution in [0.4, 0.5) is 14.5 Å². The molecule has 0 saturated carbocycles. The van der Waals surface area contributed by atoms with Crippen LogP contribution >= 0.6 is 12.2 Å². The van der Waals surface area contributed by atoms with Gasteiger partial charge in [0.25, 0.3) is 0 Å². The van der Waals surface area contributed by atoms with Gasteiger partial charge < -0.3 is 15.4 Å². The van der Waals surface area contributed by atoms with Crippen molar-refractivity contribution in [2.75, 3.05) is 18.5 Å². The van der Waals surface area contributed by atoms with E-state index >= 15 is 0 Å². The van der Waals surface area contributed by atoms with Crippen molar-refractivity contribution in [3.63, 3.8) is 0 Å². The fourth-order valence-electron chi connectivity index (χ4n) is 1.76. The van der Waals surface area contributed by atoms with Crippen LogP contribution in [0.2, 0.25) is 0 Å². The summed E-state index contributed by atoms with van der Waals surface area (Å²) in [6.07, 6.45) is 2.26. The second kappa shape index (κ2) is 6.06. The fraction of sp³-hybridized carbons (Fsp3) is 0.417. The Morgan fingerprint density at radius 1 is 1.39 bits per heavy atom. The van der Waals surface area contributed by atoms with Gasteiger partial charge in [0.1, 0.15) is 0 Å². The maximum absolute atomic E-state index is 13.0. The van der Waals surface area contributed by atoms with Crippen LogP contribution in [0, 0.1) is 11.6 Å². The Morgan fingerprint density at radius 2 is 2.22 bits per heavy atom. The van der Waals surface area contributed by atoms with Crippen molar-refractivity contribution in [3.8, 4) is 0 Å². The third-order valence-electron chi connectivity index (χ3n) is 2.69. The highest BCUT2D eigenvalue weighted by molar-refractivity contribution is 7.80. The Hall–Kier alpha value is -1.27. The van der Waals surface area contributed by atoms with Crippen LogP contribution < -0.4 is 10.6 Å². The van der Waals surface area contributed by atoms with Crippen molar-refractivity contribution in [1.82, 2.24) is 5.32 Å². The number of rotatable bonds is 3. The van der Waals surface area contributed by atoms with E-state index < -0.39 is 11.6 Å². The molecule has 0 amide bonds. The molecule has 1 saturated heterocycles. The molecular formula is C12H14F2N2OS. The molecule has 0 radical (unpaired) electrons. The molecular weight excluding hydrogens is 258 g/mol. The SMILES string of the molecule is Fc1ccc(NC(=S)NC[C@H]2CCCO2)cc1F. The third kappa shape index (κ3) is 3.61. The summed E-state index contributed by atoms with van der Waals surface area (Å²) in [7, 11) is 0. The van der Waals surface area contributed by atoms with Crippen LogP contribution in [0.1, 0.15) is 12.8 Å². The van der Waals surface area contributed by atoms with E-state index in [0.717, 1.165) is 31.6 Å². The van der Waals surface area contributed by atoms with Gasteiger partial charge >= 0.3 is 0 Å². The number of benzene rings is 1. The van der Waals surface area contributed by atoms with E-state index in [1.165, 1.54) is 6.07 Å². The first kappa shape index (κ1) is 13.2. The zero-order valence-corrected chi connectivity index (χ0v) is 10.5. The highest BCUT2D eigenvalue weighted by Crippen LogP contribution is 2.13. The fourth-order valence-corrected chi connectivity index (χ4v) is 1.96. The first-order valence-corrected chi connectivity index (χ1v) is 6.17. The Balaban J connectivity index is 1.80. The number of hydrogen-bond donors (Lipinski definition) is 2. The van der Waals surface area contributed by atoms with Crippen molar-refractivity contribution >= 4 is 23.0 Å². The summed E-state index contributed by atoms with van der Waals surface area (Å²) in [5.74, 6) is -1.78. The molecule has 1 atom stereocenters. The minimum atomic E-state index is -0.901. The van der Waals surface area contributed by atoms with E-state index in [1.807, 2.05) is 0 Å². The lowest BCUT2D eigenvalue weighted by Crippen LogP contribution is -2.34. The van der Waals surface area contributed by atoms with Gasteiger partial charge in [0.15, 0.2) is 16.7 Å². The summed E-state index contributed by atoms with van der Waals surface area (Å²) >= 11 is 5.05. The molecule has 0 bridgehead atoms. The van der Waals surface area contributed by atoms with Crippen molar-refractivity contribution in [2.45, 2.75) is 18.9 Å². The normalized spacial score (nSPS) is 18.7. The van der Waals surface area contributed by atoms with Gasteiger partial charge in [0.05, 0.1) is 6.10 Å². The number of nitrogens with one attached hydrogen (secondary N) is 2. The second-order valence-corrected chi connectivity index (χ2v) is 4.51. The van der Waals surface area contributed by atoms with E-state index in [4.69, 9.17) is 17.0 Å². The Bertz CT molecular complexity index is 436. The molecule has 1 aromatic carbocycles. The molecule has 1 aromatic rings. The van der Waals surface area contributed by atoms with Crippen LogP contribution in [0.25, 0.3) is 0 Å². The predicted octanol–water partition coefficient (Wildman–Crippen LogP) is 2.43. The average molecular weight is 272 g/mol. The van der Waals surface area contributed by atoms with Gasteiger partial charge in [-0.3, -0.25) is 0 Å². The van der Waals surface area contributed by atoms with E-state index in [1.54, 1.807) is 0 Å². The molecule has 1 fully saturated rings. The molecule has 0 unspecified atom stereocenters. The van der Waals surface area contributed by atoms with Crippen molar-refractivity contribution in [3.05, 3.63) is 29.8 Å². The molecule has 2 rings (SSSR count). The van der Waals surface area contributed by atoms with Crippen LogP contribution in [0.3, 0.4) is 0 Å². The maximum Gasteiger partial charge on any atom is 0.170 e. The maximum atomic E-state index is 13.0. The quantitative estimate of drug-likeness (QED) is 0.828. The average Bonchev–Trinajstić information content (AvgIpc) is 2.84. The lowest BCUT2D eigenvalue weighted by Gasteiger charge is -2.14. The molecule has 98 valence electrons. The summed E-state index contributed by atoms with van der Waals surface area (Å²) in [6.45, 7) is 1.41. The Kier molecular flexibility index (Phi) is 4.43. The van der Waals surface area contributed by atoms with Gasteiger partial charge in [-0.15, -0.1) is 0 Å². The van der Waals surface area contributed by atoms with Crippen LogP contribution in [0.5, 0.6) is 0 Å². The third-order valence-corrected chi connectivity index (χ3v) is 2.94. The summed E-state index contributed by atoms with van der Waals surface area (Å²) in [4.78, 5) is 0. The molecule has 2 N–H and O–H groups in total. The highest BCUT2D eigenvalue weighted by Gasteiger charge is 2.15. The van der Waals surface area contributed by atoms with Crippen molar-refractivity contribution in [2.24, 2.45) is 0 Å². The Labute approximate surface area is 110 Å². The first-order valence-electron chi connectivity index (χ1n) is 5.76. The molecule has 0 spiro atoms. The lowest BCUT2D eigenvalue weighted by atomic mass is 10.2. The smallest absolute Gasteiger partial charge is 0.170 e. The van der Waals surface area contributed by atoms with Gasteiger partial charge in [0.2, 0.25) is 0 Å². The number of halogens is 2. The lowest BCUT2D eigenvalue weighted by molar-refractivity contribution is 0.114. The standard InChI is InChI=1S/C12H14F2N2OS/c13-10-4-3-8(6-11(10)14)16-12(18)15-7-9-2-1-5-17-9/h3-4,6,9H,1-2,5,7H2,(H2,15,16,18)/t9-/m1/s1. The number of ether oxygens (including phenoxy) is 1. The van der Waals surface area contributed by atoms with Gasteiger partial charge in [-0.05, 0) is 37.2 Å². The molecule has 1 aliphatic heterocycles. The van der Waals surface area contributed by atoms with Crippen LogP contribution in [0.15, 0.2) is 18.2 Å². The summed E-state index contributed by atoms with van der Waals surface area (Å²) in [6, 6.07) is 3.55. The zero-order valence-electron chi connectivity index (χ0n) is 9.71. The number of hydrogen-bond acceptors (Lipinski definition) is 2. The first-order chi connectivity index (χ1) is 8.65. The molecule has 1 heterocycles. The molecule has 18 heavy (non-hydrogen) atoms. The van der Waals surface area contributed by atoms with Gasteiger partial charge in [-0.1, -0.05) is 0 Å². The second-order valence-electron chi connectivity index (χ2n) is 4.10. The van der Waals surface area contributed by atoms with Crippen LogP contribution in [-0.2, 0) is 4.74 Å². The summed E-state index contributed by atoms with van der Waals surface area (Å²) in [5, 5.41) is 6.15. The zero-order chi connectivity index (χ0) is 13.0. The topological polar surface area (TPSA) is 33.3 Å². The van der Waals surface area contributed by atoms with Gasteiger partial charge in [0, 0.05) is 24.9 Å². The van der Waals surface area contributed by atoms with Crippen molar-refractivity contribution in [1.29, 1.82) is 0 Å². The van der Waals surface area contributed by atoms with E-state index in [9.17, 15) is 8.78 Å². The molecule has 1 aliphatic rings. The largest absolute Gasteiger partial charge is 0.376 e. The minimum Gasteiger partial charge on any atom is -0.376 e. The highest BCUT2D eigenvalue weighted by atomic mass is 32.1. The monoisotopic (exact) mass is 272 g/mol. The summed E-state index contributed by atoms with van der Waals surface area (Å²) in [5.41, 5.74) is 0.416.